The van der Waals surface area contributed by atoms with Crippen LogP contribution < -0.4 is 10.1 Å². The molecule has 2 aromatic heterocycles. The molecule has 1 aliphatic rings. The van der Waals surface area contributed by atoms with Crippen molar-refractivity contribution in [3.63, 3.8) is 0 Å². The van der Waals surface area contributed by atoms with E-state index in [4.69, 9.17) is 14.5 Å². The second-order valence-electron chi connectivity index (χ2n) is 8.09. The van der Waals surface area contributed by atoms with Gasteiger partial charge in [-0.25, -0.2) is 4.39 Å². The summed E-state index contributed by atoms with van der Waals surface area (Å²) in [6, 6.07) is 16.6. The molecule has 5 rings (SSSR count). The maximum absolute atomic E-state index is 14.2. The van der Waals surface area contributed by atoms with Crippen LogP contribution in [0.1, 0.15) is 18.4 Å². The van der Waals surface area contributed by atoms with Crippen molar-refractivity contribution >= 4 is 11.5 Å². The summed E-state index contributed by atoms with van der Waals surface area (Å²) in [6.07, 6.45) is 3.78. The molecule has 0 amide bonds. The molecule has 1 N–H and O–H groups in total. The fraction of sp³-hybridized carbons (Fsp3) is 0.280. The van der Waals surface area contributed by atoms with Crippen molar-refractivity contribution in [2.45, 2.75) is 19.8 Å². The number of benzene rings is 2. The van der Waals surface area contributed by atoms with Gasteiger partial charge in [0.2, 0.25) is 5.88 Å². The Morgan fingerprint density at radius 3 is 2.72 bits per heavy atom. The molecule has 3 heterocycles. The van der Waals surface area contributed by atoms with Crippen LogP contribution in [0.2, 0.25) is 0 Å². The number of rotatable bonds is 6. The van der Waals surface area contributed by atoms with Crippen LogP contribution >= 0.6 is 0 Å². The number of para-hydroxylation sites is 1. The normalized spacial score (nSPS) is 14.6. The Kier molecular flexibility index (Phi) is 5.73. The first-order valence-corrected chi connectivity index (χ1v) is 10.9. The Hall–Kier alpha value is -3.45. The molecule has 0 atom stereocenters. The highest BCUT2D eigenvalue weighted by atomic mass is 19.1. The lowest BCUT2D eigenvalue weighted by atomic mass is 10.0. The number of nitrogens with one attached hydrogen (secondary N) is 1. The second kappa shape index (κ2) is 8.96. The molecule has 0 saturated carbocycles. The van der Waals surface area contributed by atoms with Gasteiger partial charge in [0, 0.05) is 31.4 Å². The molecule has 164 valence electrons. The number of aromatic nitrogens is 3. The Bertz CT molecular complexity index is 1220. The van der Waals surface area contributed by atoms with E-state index in [2.05, 4.69) is 10.4 Å². The van der Waals surface area contributed by atoms with Crippen molar-refractivity contribution in [1.29, 1.82) is 0 Å². The third-order valence-corrected chi connectivity index (χ3v) is 5.81. The number of nitrogens with zero attached hydrogens (tertiary/aromatic N) is 3. The van der Waals surface area contributed by atoms with Gasteiger partial charge in [0.05, 0.1) is 6.20 Å². The summed E-state index contributed by atoms with van der Waals surface area (Å²) in [5.41, 5.74) is 2.68. The second-order valence-corrected chi connectivity index (χ2v) is 8.09. The summed E-state index contributed by atoms with van der Waals surface area (Å²) in [6.45, 7) is 4.15. The van der Waals surface area contributed by atoms with Gasteiger partial charge in [-0.3, -0.25) is 0 Å². The molecule has 1 saturated heterocycles. The lowest BCUT2D eigenvalue weighted by molar-refractivity contribution is 0.0699. The SMILES string of the molecule is Cc1ccc(-c2cnn3c(NCC4CCOCC4)cc(Oc4ccccc4)nc23)cc1F. The van der Waals surface area contributed by atoms with Gasteiger partial charge < -0.3 is 14.8 Å². The maximum Gasteiger partial charge on any atom is 0.224 e. The summed E-state index contributed by atoms with van der Waals surface area (Å²) < 4.78 is 27.5. The standard InChI is InChI=1S/C25H25FN4O2/c1-17-7-8-19(13-22(17)26)21-16-28-30-23(27-15-18-9-11-31-12-10-18)14-24(29-25(21)30)32-20-5-3-2-4-6-20/h2-8,13-14,16,18,27H,9-12,15H2,1H3. The summed E-state index contributed by atoms with van der Waals surface area (Å²) in [4.78, 5) is 4.71. The molecule has 0 bridgehead atoms. The van der Waals surface area contributed by atoms with Crippen LogP contribution in [0.5, 0.6) is 11.6 Å². The van der Waals surface area contributed by atoms with Gasteiger partial charge in [-0.1, -0.05) is 30.3 Å². The first-order valence-electron chi connectivity index (χ1n) is 10.9. The predicted molar refractivity (Wildman–Crippen MR) is 122 cm³/mol. The summed E-state index contributed by atoms with van der Waals surface area (Å²) in [5, 5.41) is 8.07. The van der Waals surface area contributed by atoms with Gasteiger partial charge >= 0.3 is 0 Å². The van der Waals surface area contributed by atoms with Crippen molar-refractivity contribution in [3.8, 4) is 22.8 Å². The first-order chi connectivity index (χ1) is 15.7. The smallest absolute Gasteiger partial charge is 0.224 e. The Morgan fingerprint density at radius 2 is 1.94 bits per heavy atom. The van der Waals surface area contributed by atoms with E-state index < -0.39 is 0 Å². The minimum absolute atomic E-state index is 0.253. The predicted octanol–water partition coefficient (Wildman–Crippen LogP) is 5.47. The Balaban J connectivity index is 1.54. The first kappa shape index (κ1) is 20.5. The fourth-order valence-corrected chi connectivity index (χ4v) is 3.89. The monoisotopic (exact) mass is 432 g/mol. The number of hydrogen-bond acceptors (Lipinski definition) is 5. The number of halogens is 1. The van der Waals surface area contributed by atoms with Crippen molar-refractivity contribution in [3.05, 3.63) is 72.2 Å². The Morgan fingerprint density at radius 1 is 1.12 bits per heavy atom. The van der Waals surface area contributed by atoms with Crippen LogP contribution in [0.15, 0.2) is 60.8 Å². The van der Waals surface area contributed by atoms with Gasteiger partial charge in [-0.2, -0.15) is 14.6 Å². The number of ether oxygens (including phenoxy) is 2. The lowest BCUT2D eigenvalue weighted by Gasteiger charge is -2.22. The van der Waals surface area contributed by atoms with E-state index in [1.165, 1.54) is 6.07 Å². The molecule has 1 aliphatic heterocycles. The summed E-state index contributed by atoms with van der Waals surface area (Å²) in [7, 11) is 0. The van der Waals surface area contributed by atoms with E-state index in [0.717, 1.165) is 49.5 Å². The van der Waals surface area contributed by atoms with Gasteiger partial charge in [-0.05, 0) is 55.0 Å². The van der Waals surface area contributed by atoms with Gasteiger partial charge in [0.1, 0.15) is 17.4 Å². The fourth-order valence-electron chi connectivity index (χ4n) is 3.89. The van der Waals surface area contributed by atoms with Crippen LogP contribution in [-0.2, 0) is 4.74 Å². The largest absolute Gasteiger partial charge is 0.439 e. The molecule has 0 spiro atoms. The summed E-state index contributed by atoms with van der Waals surface area (Å²) >= 11 is 0. The van der Waals surface area contributed by atoms with Gasteiger partial charge in [0.25, 0.3) is 0 Å². The number of fused-ring (bicyclic) bond motifs is 1. The quantitative estimate of drug-likeness (QED) is 0.438. The maximum atomic E-state index is 14.2. The molecule has 0 radical (unpaired) electrons. The van der Waals surface area contributed by atoms with E-state index in [1.807, 2.05) is 42.5 Å². The molecule has 0 aliphatic carbocycles. The van der Waals surface area contributed by atoms with Crippen LogP contribution in [-0.4, -0.2) is 34.4 Å². The minimum Gasteiger partial charge on any atom is -0.439 e. The number of aryl methyl sites for hydroxylation is 1. The van der Waals surface area contributed by atoms with Crippen LogP contribution in [0.4, 0.5) is 10.2 Å². The molecule has 32 heavy (non-hydrogen) atoms. The number of hydrogen-bond donors (Lipinski definition) is 1. The molecular weight excluding hydrogens is 407 g/mol. The van der Waals surface area contributed by atoms with Crippen LogP contribution in [0.25, 0.3) is 16.8 Å². The topological polar surface area (TPSA) is 60.7 Å². The average Bonchev–Trinajstić information content (AvgIpc) is 3.25. The molecule has 0 unspecified atom stereocenters. The van der Waals surface area contributed by atoms with E-state index in [0.29, 0.717) is 28.8 Å². The van der Waals surface area contributed by atoms with Gasteiger partial charge in [0.15, 0.2) is 5.65 Å². The van der Waals surface area contributed by atoms with Crippen LogP contribution in [0.3, 0.4) is 0 Å². The summed E-state index contributed by atoms with van der Waals surface area (Å²) in [5.74, 6) is 2.21. The Labute approximate surface area is 186 Å². The third kappa shape index (κ3) is 4.29. The van der Waals surface area contributed by atoms with Crippen LogP contribution in [0, 0.1) is 18.7 Å². The average molecular weight is 432 g/mol. The lowest BCUT2D eigenvalue weighted by Crippen LogP contribution is -2.23. The molecule has 6 nitrogen and oxygen atoms in total. The zero-order chi connectivity index (χ0) is 21.9. The van der Waals surface area contributed by atoms with Gasteiger partial charge in [-0.15, -0.1) is 0 Å². The minimum atomic E-state index is -0.253. The van der Waals surface area contributed by atoms with Crippen molar-refractivity contribution in [1.82, 2.24) is 14.6 Å². The molecule has 1 fully saturated rings. The highest BCUT2D eigenvalue weighted by Crippen LogP contribution is 2.30. The van der Waals surface area contributed by atoms with E-state index in [-0.39, 0.29) is 5.82 Å². The van der Waals surface area contributed by atoms with E-state index in [1.54, 1.807) is 23.7 Å². The third-order valence-electron chi connectivity index (χ3n) is 5.81. The zero-order valence-corrected chi connectivity index (χ0v) is 17.9. The zero-order valence-electron chi connectivity index (χ0n) is 17.9. The van der Waals surface area contributed by atoms with Crippen molar-refractivity contribution in [2.24, 2.45) is 5.92 Å². The molecule has 7 heteroatoms. The van der Waals surface area contributed by atoms with E-state index in [9.17, 15) is 4.39 Å². The number of anilines is 1. The van der Waals surface area contributed by atoms with Crippen molar-refractivity contribution in [2.75, 3.05) is 25.1 Å². The van der Waals surface area contributed by atoms with Crippen molar-refractivity contribution < 1.29 is 13.9 Å². The highest BCUT2D eigenvalue weighted by Gasteiger charge is 2.18. The van der Waals surface area contributed by atoms with E-state index >= 15 is 0 Å². The molecule has 4 aromatic rings. The molecular formula is C25H25FN4O2. The highest BCUT2D eigenvalue weighted by molar-refractivity contribution is 5.78. The molecule has 2 aromatic carbocycles.